The molecular formula is C20H29N3O3. The molecule has 1 aromatic carbocycles. The Kier molecular flexibility index (Phi) is 7.63. The van der Waals surface area contributed by atoms with Gasteiger partial charge in [0.15, 0.2) is 0 Å². The average molecular weight is 359 g/mol. The molecule has 1 aliphatic heterocycles. The summed E-state index contributed by atoms with van der Waals surface area (Å²) in [5.74, 6) is -0.136. The van der Waals surface area contributed by atoms with Crippen molar-refractivity contribution in [3.63, 3.8) is 0 Å². The number of piperidine rings is 1. The third-order valence-electron chi connectivity index (χ3n) is 4.99. The van der Waals surface area contributed by atoms with E-state index >= 15 is 0 Å². The van der Waals surface area contributed by atoms with Gasteiger partial charge >= 0.3 is 0 Å². The molecule has 1 saturated heterocycles. The number of carbonyl (C=O) groups excluding carboxylic acids is 3. The molecule has 0 spiro atoms. The molecule has 0 atom stereocenters. The van der Waals surface area contributed by atoms with Gasteiger partial charge in [-0.2, -0.15) is 0 Å². The monoisotopic (exact) mass is 359 g/mol. The number of amides is 3. The Morgan fingerprint density at radius 2 is 1.69 bits per heavy atom. The molecule has 142 valence electrons. The molecule has 2 N–H and O–H groups in total. The lowest BCUT2D eigenvalue weighted by Gasteiger charge is -2.33. The fourth-order valence-electron chi connectivity index (χ4n) is 3.21. The second-order valence-electron chi connectivity index (χ2n) is 6.73. The quantitative estimate of drug-likeness (QED) is 0.781. The summed E-state index contributed by atoms with van der Waals surface area (Å²) in [6.45, 7) is 5.26. The topological polar surface area (TPSA) is 78.5 Å². The highest BCUT2D eigenvalue weighted by Gasteiger charge is 2.25. The number of hydrogen-bond donors (Lipinski definition) is 2. The molecule has 0 aliphatic carbocycles. The van der Waals surface area contributed by atoms with E-state index in [1.54, 1.807) is 29.2 Å². The SMILES string of the molecule is CCC(CC)C(=O)NC1CCN(C(=O)CNC(=O)c2ccccc2)CC1. The maximum atomic E-state index is 12.3. The van der Waals surface area contributed by atoms with Gasteiger partial charge in [-0.1, -0.05) is 32.0 Å². The Morgan fingerprint density at radius 1 is 1.08 bits per heavy atom. The van der Waals surface area contributed by atoms with Crippen LogP contribution in [0.3, 0.4) is 0 Å². The molecule has 1 heterocycles. The Labute approximate surface area is 155 Å². The van der Waals surface area contributed by atoms with Crippen molar-refractivity contribution in [2.75, 3.05) is 19.6 Å². The summed E-state index contributed by atoms with van der Waals surface area (Å²) in [5.41, 5.74) is 0.545. The molecule has 2 rings (SSSR count). The Hall–Kier alpha value is -2.37. The Bertz CT molecular complexity index is 606. The highest BCUT2D eigenvalue weighted by atomic mass is 16.2. The van der Waals surface area contributed by atoms with Gasteiger partial charge in [0.25, 0.3) is 5.91 Å². The molecule has 6 heteroatoms. The highest BCUT2D eigenvalue weighted by Crippen LogP contribution is 2.13. The summed E-state index contributed by atoms with van der Waals surface area (Å²) in [5, 5.41) is 5.78. The van der Waals surface area contributed by atoms with Gasteiger partial charge in [0.1, 0.15) is 0 Å². The van der Waals surface area contributed by atoms with Crippen molar-refractivity contribution in [1.29, 1.82) is 0 Å². The number of nitrogens with one attached hydrogen (secondary N) is 2. The lowest BCUT2D eigenvalue weighted by molar-refractivity contribution is -0.131. The molecule has 1 fully saturated rings. The van der Waals surface area contributed by atoms with Crippen LogP contribution in [-0.4, -0.2) is 48.3 Å². The second kappa shape index (κ2) is 9.94. The van der Waals surface area contributed by atoms with Crippen molar-refractivity contribution in [3.8, 4) is 0 Å². The number of rotatable bonds is 7. The van der Waals surface area contributed by atoms with Gasteiger partial charge in [-0.15, -0.1) is 0 Å². The van der Waals surface area contributed by atoms with Crippen LogP contribution in [0, 0.1) is 5.92 Å². The van der Waals surface area contributed by atoms with Crippen LogP contribution in [0.1, 0.15) is 49.9 Å². The molecule has 26 heavy (non-hydrogen) atoms. The Balaban J connectivity index is 1.72. The van der Waals surface area contributed by atoms with Crippen molar-refractivity contribution in [2.45, 2.75) is 45.6 Å². The molecule has 1 aliphatic rings. The molecule has 6 nitrogen and oxygen atoms in total. The summed E-state index contributed by atoms with van der Waals surface area (Å²) < 4.78 is 0. The van der Waals surface area contributed by atoms with E-state index in [0.29, 0.717) is 18.7 Å². The van der Waals surface area contributed by atoms with Crippen LogP contribution in [0.15, 0.2) is 30.3 Å². The summed E-state index contributed by atoms with van der Waals surface area (Å²) in [4.78, 5) is 38.2. The average Bonchev–Trinajstić information content (AvgIpc) is 2.68. The van der Waals surface area contributed by atoms with Crippen LogP contribution in [-0.2, 0) is 9.59 Å². The fourth-order valence-corrected chi connectivity index (χ4v) is 3.21. The molecular weight excluding hydrogens is 330 g/mol. The lowest BCUT2D eigenvalue weighted by Crippen LogP contribution is -2.49. The van der Waals surface area contributed by atoms with Crippen molar-refractivity contribution in [2.24, 2.45) is 5.92 Å². The van der Waals surface area contributed by atoms with Gasteiger partial charge in [-0.3, -0.25) is 14.4 Å². The first-order valence-electron chi connectivity index (χ1n) is 9.46. The van der Waals surface area contributed by atoms with Gasteiger partial charge in [-0.25, -0.2) is 0 Å². The molecule has 1 aromatic rings. The van der Waals surface area contributed by atoms with E-state index in [4.69, 9.17) is 0 Å². The highest BCUT2D eigenvalue weighted by molar-refractivity contribution is 5.96. The number of nitrogens with zero attached hydrogens (tertiary/aromatic N) is 1. The normalized spacial score (nSPS) is 15.0. The zero-order valence-electron chi connectivity index (χ0n) is 15.7. The van der Waals surface area contributed by atoms with Crippen LogP contribution in [0.5, 0.6) is 0 Å². The van der Waals surface area contributed by atoms with Gasteiger partial charge in [0.2, 0.25) is 11.8 Å². The predicted octanol–water partition coefficient (Wildman–Crippen LogP) is 1.96. The summed E-state index contributed by atoms with van der Waals surface area (Å²) >= 11 is 0. The van der Waals surface area contributed by atoms with E-state index in [2.05, 4.69) is 10.6 Å². The number of benzene rings is 1. The van der Waals surface area contributed by atoms with Gasteiger partial charge < -0.3 is 15.5 Å². The summed E-state index contributed by atoms with van der Waals surface area (Å²) in [6.07, 6.45) is 3.20. The minimum absolute atomic E-state index is 0.00149. The van der Waals surface area contributed by atoms with Crippen molar-refractivity contribution in [3.05, 3.63) is 35.9 Å². The molecule has 0 unspecified atom stereocenters. The van der Waals surface area contributed by atoms with Crippen LogP contribution < -0.4 is 10.6 Å². The van der Waals surface area contributed by atoms with E-state index in [9.17, 15) is 14.4 Å². The minimum atomic E-state index is -0.244. The smallest absolute Gasteiger partial charge is 0.251 e. The summed E-state index contributed by atoms with van der Waals surface area (Å²) in [7, 11) is 0. The van der Waals surface area contributed by atoms with Crippen molar-refractivity contribution < 1.29 is 14.4 Å². The first-order valence-corrected chi connectivity index (χ1v) is 9.46. The van der Waals surface area contributed by atoms with Crippen molar-refractivity contribution >= 4 is 17.7 Å². The third-order valence-corrected chi connectivity index (χ3v) is 4.99. The number of likely N-dealkylation sites (tertiary alicyclic amines) is 1. The first kappa shape index (κ1) is 19.9. The second-order valence-corrected chi connectivity index (χ2v) is 6.73. The molecule has 3 amide bonds. The van der Waals surface area contributed by atoms with Crippen LogP contribution in [0.4, 0.5) is 0 Å². The first-order chi connectivity index (χ1) is 12.5. The molecule has 0 aromatic heterocycles. The largest absolute Gasteiger partial charge is 0.353 e. The Morgan fingerprint density at radius 3 is 2.27 bits per heavy atom. The van der Waals surface area contributed by atoms with E-state index < -0.39 is 0 Å². The van der Waals surface area contributed by atoms with Gasteiger partial charge in [-0.05, 0) is 37.8 Å². The maximum Gasteiger partial charge on any atom is 0.251 e. The molecule has 0 radical (unpaired) electrons. The van der Waals surface area contributed by atoms with E-state index in [-0.39, 0.29) is 36.2 Å². The van der Waals surface area contributed by atoms with Crippen LogP contribution in [0.2, 0.25) is 0 Å². The van der Waals surface area contributed by atoms with E-state index in [0.717, 1.165) is 25.7 Å². The van der Waals surface area contributed by atoms with Crippen LogP contribution in [0.25, 0.3) is 0 Å². The number of hydrogen-bond acceptors (Lipinski definition) is 3. The van der Waals surface area contributed by atoms with Gasteiger partial charge in [0, 0.05) is 30.6 Å². The number of carbonyl (C=O) groups is 3. The summed E-state index contributed by atoms with van der Waals surface area (Å²) in [6, 6.07) is 8.98. The van der Waals surface area contributed by atoms with Crippen molar-refractivity contribution in [1.82, 2.24) is 15.5 Å². The predicted molar refractivity (Wildman–Crippen MR) is 101 cm³/mol. The third kappa shape index (κ3) is 5.58. The minimum Gasteiger partial charge on any atom is -0.353 e. The van der Waals surface area contributed by atoms with Gasteiger partial charge in [0.05, 0.1) is 6.54 Å². The molecule has 0 saturated carbocycles. The standard InChI is InChI=1S/C20H29N3O3/c1-3-15(4-2)20(26)22-17-10-12-23(13-11-17)18(24)14-21-19(25)16-8-6-5-7-9-16/h5-9,15,17H,3-4,10-14H2,1-2H3,(H,21,25)(H,22,26). The molecule has 0 bridgehead atoms. The van der Waals surface area contributed by atoms with Crippen LogP contribution >= 0.6 is 0 Å². The van der Waals surface area contributed by atoms with E-state index in [1.807, 2.05) is 19.9 Å². The fraction of sp³-hybridized carbons (Fsp3) is 0.550. The van der Waals surface area contributed by atoms with E-state index in [1.165, 1.54) is 0 Å². The maximum absolute atomic E-state index is 12.3. The zero-order chi connectivity index (χ0) is 18.9. The zero-order valence-corrected chi connectivity index (χ0v) is 15.7. The lowest BCUT2D eigenvalue weighted by atomic mass is 9.99.